The summed E-state index contributed by atoms with van der Waals surface area (Å²) in [6, 6.07) is 19.4. The Morgan fingerprint density at radius 1 is 0.929 bits per heavy atom. The van der Waals surface area contributed by atoms with E-state index in [1.165, 1.54) is 0 Å². The lowest BCUT2D eigenvalue weighted by Crippen LogP contribution is -2.33. The summed E-state index contributed by atoms with van der Waals surface area (Å²) in [5.41, 5.74) is 2.84. The number of anilines is 1. The van der Waals surface area contributed by atoms with Crippen LogP contribution in [0.3, 0.4) is 0 Å². The summed E-state index contributed by atoms with van der Waals surface area (Å²) in [4.78, 5) is 2.26. The molecule has 0 radical (unpaired) electrons. The van der Waals surface area contributed by atoms with E-state index in [1.807, 2.05) is 67.6 Å². The van der Waals surface area contributed by atoms with E-state index >= 15 is 0 Å². The van der Waals surface area contributed by atoms with Crippen molar-refractivity contribution >= 4 is 17.3 Å². The van der Waals surface area contributed by atoms with Gasteiger partial charge in [0.1, 0.15) is 17.1 Å². The Morgan fingerprint density at radius 3 is 2.29 bits per heavy atom. The molecule has 1 unspecified atom stereocenters. The van der Waals surface area contributed by atoms with Crippen LogP contribution in [0.5, 0.6) is 11.5 Å². The zero-order valence-corrected chi connectivity index (χ0v) is 17.1. The maximum atomic E-state index is 12.1. The Labute approximate surface area is 171 Å². The maximum absolute atomic E-state index is 12.1. The molecule has 1 N–H and O–H groups in total. The van der Waals surface area contributed by atoms with E-state index in [4.69, 9.17) is 16.3 Å². The lowest BCUT2D eigenvalue weighted by atomic mass is 9.78. The zero-order chi connectivity index (χ0) is 19.9. The first-order valence-corrected chi connectivity index (χ1v) is 10.0. The van der Waals surface area contributed by atoms with Crippen molar-refractivity contribution in [3.8, 4) is 11.5 Å². The maximum Gasteiger partial charge on any atom is 0.147 e. The molecule has 0 amide bonds. The van der Waals surface area contributed by atoms with Gasteiger partial charge in [0.2, 0.25) is 0 Å². The van der Waals surface area contributed by atoms with Gasteiger partial charge in [-0.3, -0.25) is 0 Å². The molecule has 0 spiro atoms. The highest BCUT2D eigenvalue weighted by atomic mass is 35.5. The monoisotopic (exact) mass is 393 g/mol. The van der Waals surface area contributed by atoms with Crippen LogP contribution >= 0.6 is 11.6 Å². The Hall–Kier alpha value is -2.49. The molecule has 4 heteroatoms. The lowest BCUT2D eigenvalue weighted by molar-refractivity contribution is 0.112. The summed E-state index contributed by atoms with van der Waals surface area (Å²) in [5.74, 6) is 1.31. The van der Waals surface area contributed by atoms with Gasteiger partial charge < -0.3 is 14.7 Å². The number of benzene rings is 3. The summed E-state index contributed by atoms with van der Waals surface area (Å²) < 4.78 is 6.26. The fraction of sp³-hybridized carbons (Fsp3) is 0.250. The minimum atomic E-state index is -1.33. The second kappa shape index (κ2) is 7.16. The van der Waals surface area contributed by atoms with Crippen LogP contribution in [0.4, 0.5) is 5.69 Å². The van der Waals surface area contributed by atoms with Crippen molar-refractivity contribution in [3.05, 3.63) is 87.9 Å². The topological polar surface area (TPSA) is 32.7 Å². The van der Waals surface area contributed by atoms with Gasteiger partial charge in [0.05, 0.1) is 0 Å². The molecule has 0 fully saturated rings. The van der Waals surface area contributed by atoms with Gasteiger partial charge >= 0.3 is 0 Å². The van der Waals surface area contributed by atoms with Crippen LogP contribution in [-0.2, 0) is 5.60 Å². The Bertz CT molecular complexity index is 1010. The summed E-state index contributed by atoms with van der Waals surface area (Å²) in [6.45, 7) is 8.01. The average Bonchev–Trinajstić information content (AvgIpc) is 2.71. The number of halogens is 1. The number of nitrogens with zero attached hydrogens (tertiary/aromatic N) is 1. The van der Waals surface area contributed by atoms with E-state index in [9.17, 15) is 5.11 Å². The molecule has 144 valence electrons. The van der Waals surface area contributed by atoms with Crippen LogP contribution in [-0.4, -0.2) is 18.2 Å². The smallest absolute Gasteiger partial charge is 0.147 e. The van der Waals surface area contributed by atoms with Crippen molar-refractivity contribution in [1.82, 2.24) is 0 Å². The van der Waals surface area contributed by atoms with Gasteiger partial charge in [-0.2, -0.15) is 0 Å². The quantitative estimate of drug-likeness (QED) is 0.600. The molecule has 1 aliphatic rings. The van der Waals surface area contributed by atoms with Crippen molar-refractivity contribution in [3.63, 3.8) is 0 Å². The minimum Gasteiger partial charge on any atom is -0.456 e. The van der Waals surface area contributed by atoms with Crippen molar-refractivity contribution in [2.45, 2.75) is 26.4 Å². The number of hydrogen-bond donors (Lipinski definition) is 1. The van der Waals surface area contributed by atoms with E-state index in [0.717, 1.165) is 35.5 Å². The molecular weight excluding hydrogens is 370 g/mol. The molecule has 0 saturated heterocycles. The van der Waals surface area contributed by atoms with Gasteiger partial charge in [0.15, 0.2) is 0 Å². The van der Waals surface area contributed by atoms with Crippen molar-refractivity contribution in [1.29, 1.82) is 0 Å². The van der Waals surface area contributed by atoms with Crippen molar-refractivity contribution in [2.24, 2.45) is 0 Å². The minimum absolute atomic E-state index is 0.611. The molecule has 3 aromatic rings. The van der Waals surface area contributed by atoms with Crippen molar-refractivity contribution < 1.29 is 9.84 Å². The summed E-state index contributed by atoms with van der Waals surface area (Å²) in [5, 5.41) is 12.7. The van der Waals surface area contributed by atoms with E-state index in [2.05, 4.69) is 18.7 Å². The molecule has 3 nitrogen and oxygen atoms in total. The van der Waals surface area contributed by atoms with E-state index in [1.54, 1.807) is 0 Å². The van der Waals surface area contributed by atoms with Gasteiger partial charge in [-0.25, -0.2) is 0 Å². The number of aryl methyl sites for hydroxylation is 1. The number of fused-ring (bicyclic) bond motifs is 2. The second-order valence-electron chi connectivity index (χ2n) is 7.13. The number of hydrogen-bond acceptors (Lipinski definition) is 3. The van der Waals surface area contributed by atoms with Crippen LogP contribution in [0.25, 0.3) is 0 Å². The second-order valence-corrected chi connectivity index (χ2v) is 7.54. The molecule has 0 aliphatic carbocycles. The molecular formula is C24H24ClNO2. The molecule has 1 atom stereocenters. The number of aliphatic hydroxyl groups is 1. The standard InChI is InChI=1S/C24H24ClNO2/c1-4-26(5-2)18-11-12-19-23(14-18)28-22-13-16(3)21(25)15-20(22)24(19,27)17-9-7-6-8-10-17/h6-15,27H,4-5H2,1-3H3. The fourth-order valence-corrected chi connectivity index (χ4v) is 4.12. The normalized spacial score (nSPS) is 17.5. The first-order valence-electron chi connectivity index (χ1n) is 9.64. The van der Waals surface area contributed by atoms with Gasteiger partial charge in [0, 0.05) is 41.0 Å². The molecule has 0 aromatic heterocycles. The van der Waals surface area contributed by atoms with Crippen LogP contribution < -0.4 is 9.64 Å². The third-order valence-corrected chi connectivity index (χ3v) is 5.95. The molecule has 28 heavy (non-hydrogen) atoms. The summed E-state index contributed by atoms with van der Waals surface area (Å²) in [7, 11) is 0. The Morgan fingerprint density at radius 2 is 1.61 bits per heavy atom. The first kappa shape index (κ1) is 18.9. The lowest BCUT2D eigenvalue weighted by Gasteiger charge is -2.37. The van der Waals surface area contributed by atoms with E-state index in [-0.39, 0.29) is 0 Å². The van der Waals surface area contributed by atoms with E-state index < -0.39 is 5.60 Å². The predicted molar refractivity (Wildman–Crippen MR) is 115 cm³/mol. The predicted octanol–water partition coefficient (Wildman–Crippen LogP) is 5.88. The third-order valence-electron chi connectivity index (χ3n) is 5.55. The third kappa shape index (κ3) is 2.86. The van der Waals surface area contributed by atoms with E-state index in [0.29, 0.717) is 22.1 Å². The first-order chi connectivity index (χ1) is 13.5. The van der Waals surface area contributed by atoms with Crippen LogP contribution in [0.15, 0.2) is 60.7 Å². The molecule has 0 saturated carbocycles. The summed E-state index contributed by atoms with van der Waals surface area (Å²) in [6.07, 6.45) is 0. The van der Waals surface area contributed by atoms with Crippen molar-refractivity contribution in [2.75, 3.05) is 18.0 Å². The van der Waals surface area contributed by atoms with Gasteiger partial charge in [-0.15, -0.1) is 0 Å². The van der Waals surface area contributed by atoms with Gasteiger partial charge in [0.25, 0.3) is 0 Å². The Kier molecular flexibility index (Phi) is 4.82. The van der Waals surface area contributed by atoms with Gasteiger partial charge in [-0.05, 0) is 56.2 Å². The number of ether oxygens (including phenoxy) is 1. The van der Waals surface area contributed by atoms with Crippen LogP contribution in [0.1, 0.15) is 36.1 Å². The molecule has 1 heterocycles. The fourth-order valence-electron chi connectivity index (χ4n) is 3.96. The SMILES string of the molecule is CCN(CC)c1ccc2c(c1)Oc1cc(C)c(Cl)cc1C2(O)c1ccccc1. The molecule has 1 aliphatic heterocycles. The highest BCUT2D eigenvalue weighted by Crippen LogP contribution is 2.52. The molecule has 3 aromatic carbocycles. The molecule has 4 rings (SSSR count). The van der Waals surface area contributed by atoms with Gasteiger partial charge in [-0.1, -0.05) is 41.9 Å². The average molecular weight is 394 g/mol. The molecule has 0 bridgehead atoms. The zero-order valence-electron chi connectivity index (χ0n) is 16.4. The highest BCUT2D eigenvalue weighted by molar-refractivity contribution is 6.31. The van der Waals surface area contributed by atoms with Crippen LogP contribution in [0, 0.1) is 6.92 Å². The highest BCUT2D eigenvalue weighted by Gasteiger charge is 2.42. The number of rotatable bonds is 4. The summed E-state index contributed by atoms with van der Waals surface area (Å²) >= 11 is 6.42. The Balaban J connectivity index is 1.97. The largest absolute Gasteiger partial charge is 0.456 e. The van der Waals surface area contributed by atoms with Crippen LogP contribution in [0.2, 0.25) is 5.02 Å².